The summed E-state index contributed by atoms with van der Waals surface area (Å²) in [5.74, 6) is 0.997. The minimum atomic E-state index is -0.489. The van der Waals surface area contributed by atoms with E-state index in [0.717, 1.165) is 5.56 Å². The predicted molar refractivity (Wildman–Crippen MR) is 149 cm³/mol. The van der Waals surface area contributed by atoms with Crippen LogP contribution in [0, 0.1) is 24.6 Å². The van der Waals surface area contributed by atoms with E-state index in [1.165, 1.54) is 23.5 Å². The summed E-state index contributed by atoms with van der Waals surface area (Å²) < 4.78 is 20.3. The zero-order valence-electron chi connectivity index (χ0n) is 21.4. The molecule has 39 heavy (non-hydrogen) atoms. The zero-order chi connectivity index (χ0) is 27.5. The monoisotopic (exact) mass is 623 g/mol. The Kier molecular flexibility index (Phi) is 6.72. The van der Waals surface area contributed by atoms with Crippen molar-refractivity contribution in [2.24, 2.45) is 11.8 Å². The number of amides is 1. The van der Waals surface area contributed by atoms with Crippen LogP contribution >= 0.6 is 22.9 Å². The summed E-state index contributed by atoms with van der Waals surface area (Å²) in [6.45, 7) is 7.26. The molecule has 11 heteroatoms. The van der Waals surface area contributed by atoms with Gasteiger partial charge >= 0.3 is 193 Å². The molecule has 198 valence electrons. The van der Waals surface area contributed by atoms with Crippen LogP contribution in [-0.2, 0) is 4.20 Å². The number of hydrogen-bond donors (Lipinski definition) is 0. The van der Waals surface area contributed by atoms with Crippen LogP contribution in [0.25, 0.3) is 22.1 Å². The second-order valence-electron chi connectivity index (χ2n) is 10.4. The molecule has 2 fully saturated rings. The van der Waals surface area contributed by atoms with Gasteiger partial charge in [-0.15, -0.1) is 0 Å². The van der Waals surface area contributed by atoms with E-state index in [4.69, 9.17) is 21.3 Å². The SMILES string of the molecule is Cc1nc(-c2ncccn2)sc1C(=O)N1C[C@@H]2C(Oc3cc(C(C)(C)[As])cc(-c4ccc(Cl)c(F)c4)n3)[C@@H]2C1. The van der Waals surface area contributed by atoms with Gasteiger partial charge in [0, 0.05) is 12.4 Å². The number of thiazole rings is 1. The van der Waals surface area contributed by atoms with Gasteiger partial charge in [0.05, 0.1) is 0 Å². The van der Waals surface area contributed by atoms with Crippen molar-refractivity contribution in [2.45, 2.75) is 31.1 Å². The van der Waals surface area contributed by atoms with Crippen LogP contribution in [0.4, 0.5) is 4.39 Å². The molecule has 0 spiro atoms. The standard InChI is InChI=1S/C28H24AsClFN5O2S/c1-14-24(39-26(34-14)25-32-7-4-8-33-25)27(37)36-12-17-18(13-36)23(17)38-22-11-16(28(2,3)29)10-21(35-22)15-5-6-19(30)20(31)9-15/h4-11,17-18,23H,12-13H2,1-3H3/t17-,18+,23?. The number of ether oxygens (including phenoxy) is 1. The molecule has 1 aromatic carbocycles. The summed E-state index contributed by atoms with van der Waals surface area (Å²) in [6.07, 6.45) is 3.31. The number of fused-ring (bicyclic) bond motifs is 1. The molecule has 1 aliphatic heterocycles. The molecule has 1 amide bonds. The van der Waals surface area contributed by atoms with Crippen LogP contribution in [0.3, 0.4) is 0 Å². The van der Waals surface area contributed by atoms with Crippen molar-refractivity contribution >= 4 is 45.7 Å². The Hall–Kier alpha value is -2.87. The summed E-state index contributed by atoms with van der Waals surface area (Å²) in [7, 11) is 0. The fourth-order valence-electron chi connectivity index (χ4n) is 4.92. The van der Waals surface area contributed by atoms with Crippen LogP contribution < -0.4 is 4.74 Å². The van der Waals surface area contributed by atoms with Crippen molar-refractivity contribution in [3.8, 4) is 28.0 Å². The van der Waals surface area contributed by atoms with Gasteiger partial charge in [-0.05, 0) is 13.0 Å². The molecule has 2 radical (unpaired) electrons. The van der Waals surface area contributed by atoms with Crippen molar-refractivity contribution < 1.29 is 13.9 Å². The number of carbonyl (C=O) groups excluding carboxylic acids is 1. The normalized spacial score (nSPS) is 20.2. The van der Waals surface area contributed by atoms with E-state index in [-0.39, 0.29) is 33.1 Å². The topological polar surface area (TPSA) is 81.1 Å². The van der Waals surface area contributed by atoms with Gasteiger partial charge in [-0.2, -0.15) is 0 Å². The van der Waals surface area contributed by atoms with Gasteiger partial charge in [-0.25, -0.2) is 15.0 Å². The number of carbonyl (C=O) groups is 1. The second kappa shape index (κ2) is 9.95. The Balaban J connectivity index is 1.17. The van der Waals surface area contributed by atoms with Gasteiger partial charge in [0.25, 0.3) is 0 Å². The van der Waals surface area contributed by atoms with Crippen molar-refractivity contribution in [1.29, 1.82) is 0 Å². The van der Waals surface area contributed by atoms with Crippen molar-refractivity contribution in [2.75, 3.05) is 13.1 Å². The van der Waals surface area contributed by atoms with Gasteiger partial charge in [0.15, 0.2) is 10.8 Å². The van der Waals surface area contributed by atoms with E-state index < -0.39 is 5.82 Å². The number of benzene rings is 1. The summed E-state index contributed by atoms with van der Waals surface area (Å²) in [4.78, 5) is 33.5. The first-order valence-corrected chi connectivity index (χ1v) is 14.6. The third kappa shape index (κ3) is 5.20. The fourth-order valence-corrected chi connectivity index (χ4v) is 6.29. The number of rotatable bonds is 6. The van der Waals surface area contributed by atoms with Crippen LogP contribution in [0.2, 0.25) is 5.02 Å². The first kappa shape index (κ1) is 26.4. The van der Waals surface area contributed by atoms with Gasteiger partial charge in [-0.1, -0.05) is 0 Å². The van der Waals surface area contributed by atoms with E-state index in [1.54, 1.807) is 24.5 Å². The molecule has 1 unspecified atom stereocenters. The van der Waals surface area contributed by atoms with E-state index >= 15 is 0 Å². The van der Waals surface area contributed by atoms with Crippen LogP contribution in [0.5, 0.6) is 5.88 Å². The van der Waals surface area contributed by atoms with Gasteiger partial charge in [0.1, 0.15) is 0 Å². The molecule has 0 N–H and O–H groups in total. The van der Waals surface area contributed by atoms with E-state index in [0.29, 0.717) is 51.6 Å². The third-order valence-electron chi connectivity index (χ3n) is 7.13. The Bertz CT molecular complexity index is 1570. The molecule has 6 rings (SSSR count). The van der Waals surface area contributed by atoms with E-state index in [2.05, 4.69) is 45.7 Å². The average Bonchev–Trinajstić information content (AvgIpc) is 3.22. The molecule has 2 aliphatic rings. The fraction of sp³-hybridized carbons (Fsp3) is 0.321. The Labute approximate surface area is 243 Å². The average molecular weight is 624 g/mol. The molecule has 1 saturated carbocycles. The van der Waals surface area contributed by atoms with Gasteiger partial charge in [-0.3, -0.25) is 0 Å². The number of aryl methyl sites for hydroxylation is 1. The zero-order valence-corrected chi connectivity index (χ0v) is 24.9. The molecule has 7 nitrogen and oxygen atoms in total. The summed E-state index contributed by atoms with van der Waals surface area (Å²) >= 11 is 9.86. The molecule has 0 bridgehead atoms. The van der Waals surface area contributed by atoms with Crippen molar-refractivity contribution in [3.63, 3.8) is 0 Å². The third-order valence-corrected chi connectivity index (χ3v) is 9.12. The Morgan fingerprint density at radius 2 is 1.87 bits per heavy atom. The van der Waals surface area contributed by atoms with Gasteiger partial charge in [0.2, 0.25) is 0 Å². The van der Waals surface area contributed by atoms with E-state index in [9.17, 15) is 9.18 Å². The van der Waals surface area contributed by atoms with E-state index in [1.807, 2.05) is 24.0 Å². The number of halogens is 2. The number of piperidine rings is 1. The molecule has 1 saturated heterocycles. The quantitative estimate of drug-likeness (QED) is 0.271. The van der Waals surface area contributed by atoms with Crippen LogP contribution in [-0.4, -0.2) is 66.8 Å². The second-order valence-corrected chi connectivity index (χ2v) is 14.1. The molecule has 4 aromatic rings. The number of nitrogens with zero attached hydrogens (tertiary/aromatic N) is 5. The summed E-state index contributed by atoms with van der Waals surface area (Å²) in [6, 6.07) is 10.3. The number of pyridine rings is 1. The summed E-state index contributed by atoms with van der Waals surface area (Å²) in [5.41, 5.74) is 2.96. The number of aromatic nitrogens is 4. The molecular weight excluding hydrogens is 600 g/mol. The molecule has 4 heterocycles. The minimum absolute atomic E-state index is 0.0168. The number of likely N-dealkylation sites (tertiary alicyclic amines) is 1. The molecule has 3 aromatic heterocycles. The summed E-state index contributed by atoms with van der Waals surface area (Å²) in [5, 5.41) is 0.712. The first-order chi connectivity index (χ1) is 18.6. The molecule has 1 aliphatic carbocycles. The first-order valence-electron chi connectivity index (χ1n) is 12.5. The maximum atomic E-state index is 14.2. The van der Waals surface area contributed by atoms with Crippen LogP contribution in [0.1, 0.15) is 34.8 Å². The van der Waals surface area contributed by atoms with Gasteiger partial charge < -0.3 is 0 Å². The Morgan fingerprint density at radius 1 is 1.15 bits per heavy atom. The van der Waals surface area contributed by atoms with Crippen molar-refractivity contribution in [1.82, 2.24) is 24.8 Å². The van der Waals surface area contributed by atoms with Crippen molar-refractivity contribution in [3.05, 3.63) is 75.8 Å². The maximum absolute atomic E-state index is 14.2. The molecule has 3 atom stereocenters. The molecular formula is C28H24AsClFN5O2S. The van der Waals surface area contributed by atoms with Crippen LogP contribution in [0.15, 0.2) is 48.8 Å². The number of hydrogen-bond acceptors (Lipinski definition) is 7. The Morgan fingerprint density at radius 3 is 2.54 bits per heavy atom. The predicted octanol–water partition coefficient (Wildman–Crippen LogP) is 5.32.